The van der Waals surface area contributed by atoms with Crippen molar-refractivity contribution in [2.45, 2.75) is 58.8 Å². The minimum atomic E-state index is -2.51. The average molecular weight is 190 g/mol. The second-order valence-electron chi connectivity index (χ2n) is 4.76. The van der Waals surface area contributed by atoms with E-state index in [4.69, 9.17) is 0 Å². The Morgan fingerprint density at radius 2 is 1.54 bits per heavy atom. The molecule has 0 aliphatic heterocycles. The zero-order valence-electron chi connectivity index (χ0n) is 8.87. The molecule has 13 heavy (non-hydrogen) atoms. The summed E-state index contributed by atoms with van der Waals surface area (Å²) in [5.74, 6) is -2.42. The van der Waals surface area contributed by atoms with Gasteiger partial charge in [0.2, 0.25) is 0 Å². The van der Waals surface area contributed by atoms with Crippen LogP contribution in [0.25, 0.3) is 0 Å². The molecule has 0 aromatic rings. The largest absolute Gasteiger partial charge is 0.251 e. The van der Waals surface area contributed by atoms with Gasteiger partial charge in [-0.15, -0.1) is 0 Å². The molecule has 1 fully saturated rings. The maximum absolute atomic E-state index is 13.5. The summed E-state index contributed by atoms with van der Waals surface area (Å²) in [6.45, 7) is 4.96. The summed E-state index contributed by atoms with van der Waals surface area (Å²) in [6.07, 6.45) is 4.48. The van der Waals surface area contributed by atoms with Gasteiger partial charge in [0.25, 0.3) is 5.92 Å². The quantitative estimate of drug-likeness (QED) is 0.610. The van der Waals surface area contributed by atoms with E-state index >= 15 is 0 Å². The van der Waals surface area contributed by atoms with E-state index in [1.54, 1.807) is 0 Å². The Bertz CT molecular complexity index is 161. The summed E-state index contributed by atoms with van der Waals surface area (Å²) in [4.78, 5) is 0. The van der Waals surface area contributed by atoms with Crippen molar-refractivity contribution in [2.75, 3.05) is 0 Å². The van der Waals surface area contributed by atoms with Crippen molar-refractivity contribution < 1.29 is 8.78 Å². The van der Waals surface area contributed by atoms with E-state index in [9.17, 15) is 8.78 Å². The second kappa shape index (κ2) is 3.55. The van der Waals surface area contributed by atoms with E-state index in [0.29, 0.717) is 12.8 Å². The fourth-order valence-corrected chi connectivity index (χ4v) is 2.71. The predicted octanol–water partition coefficient (Wildman–Crippen LogP) is 4.25. The molecule has 0 aromatic heterocycles. The minimum Gasteiger partial charge on any atom is -0.207 e. The Morgan fingerprint density at radius 3 is 1.77 bits per heavy atom. The van der Waals surface area contributed by atoms with Crippen LogP contribution in [0, 0.1) is 11.3 Å². The lowest BCUT2D eigenvalue weighted by molar-refractivity contribution is -0.148. The number of alkyl halides is 2. The monoisotopic (exact) mass is 190 g/mol. The Balaban J connectivity index is 2.86. The first-order chi connectivity index (χ1) is 5.90. The third kappa shape index (κ3) is 1.87. The van der Waals surface area contributed by atoms with Gasteiger partial charge in [0, 0.05) is 5.41 Å². The molecule has 2 heteroatoms. The number of hydrogen-bond acceptors (Lipinski definition) is 0. The molecule has 78 valence electrons. The van der Waals surface area contributed by atoms with Crippen LogP contribution in [-0.4, -0.2) is 5.92 Å². The highest BCUT2D eigenvalue weighted by Gasteiger charge is 2.51. The Labute approximate surface area is 79.7 Å². The molecule has 0 unspecified atom stereocenters. The summed E-state index contributed by atoms with van der Waals surface area (Å²) >= 11 is 0. The molecule has 0 nitrogen and oxygen atoms in total. The highest BCUT2D eigenvalue weighted by Crippen LogP contribution is 2.52. The Kier molecular flexibility index (Phi) is 2.98. The Morgan fingerprint density at radius 1 is 1.08 bits per heavy atom. The number of halogens is 2. The molecule has 0 atom stereocenters. The molecular weight excluding hydrogens is 170 g/mol. The minimum absolute atomic E-state index is 0.0906. The molecule has 0 bridgehead atoms. The van der Waals surface area contributed by atoms with Gasteiger partial charge in [0.1, 0.15) is 0 Å². The Hall–Kier alpha value is -0.140. The number of hydrogen-bond donors (Lipinski definition) is 0. The lowest BCUT2D eigenvalue weighted by atomic mass is 9.63. The van der Waals surface area contributed by atoms with E-state index in [-0.39, 0.29) is 5.92 Å². The SMILES string of the molecule is CC(C)C1(C(C)(F)F)CCCCC1. The molecule has 1 aliphatic rings. The summed E-state index contributed by atoms with van der Waals surface area (Å²) in [7, 11) is 0. The molecule has 0 N–H and O–H groups in total. The van der Waals surface area contributed by atoms with Gasteiger partial charge in [0.05, 0.1) is 0 Å². The van der Waals surface area contributed by atoms with Crippen molar-refractivity contribution >= 4 is 0 Å². The summed E-state index contributed by atoms with van der Waals surface area (Å²) in [5, 5.41) is 0. The standard InChI is InChI=1S/C11H20F2/c1-9(2)11(10(3,12)13)7-5-4-6-8-11/h9H,4-8H2,1-3H3. The van der Waals surface area contributed by atoms with Crippen LogP contribution in [0.1, 0.15) is 52.9 Å². The zero-order valence-corrected chi connectivity index (χ0v) is 8.87. The topological polar surface area (TPSA) is 0 Å². The van der Waals surface area contributed by atoms with Gasteiger partial charge < -0.3 is 0 Å². The third-order valence-corrected chi connectivity index (χ3v) is 3.73. The van der Waals surface area contributed by atoms with Gasteiger partial charge in [-0.1, -0.05) is 33.1 Å². The highest BCUT2D eigenvalue weighted by molar-refractivity contribution is 4.94. The van der Waals surface area contributed by atoms with Crippen LogP contribution in [0.4, 0.5) is 8.78 Å². The first-order valence-corrected chi connectivity index (χ1v) is 5.28. The molecule has 0 radical (unpaired) electrons. The van der Waals surface area contributed by atoms with Crippen molar-refractivity contribution in [3.05, 3.63) is 0 Å². The van der Waals surface area contributed by atoms with Crippen LogP contribution >= 0.6 is 0 Å². The second-order valence-corrected chi connectivity index (χ2v) is 4.76. The van der Waals surface area contributed by atoms with Gasteiger partial charge in [-0.2, -0.15) is 0 Å². The van der Waals surface area contributed by atoms with Crippen molar-refractivity contribution in [1.82, 2.24) is 0 Å². The fraction of sp³-hybridized carbons (Fsp3) is 1.00. The van der Waals surface area contributed by atoms with Crippen molar-refractivity contribution in [2.24, 2.45) is 11.3 Å². The third-order valence-electron chi connectivity index (χ3n) is 3.73. The smallest absolute Gasteiger partial charge is 0.207 e. The van der Waals surface area contributed by atoms with E-state index in [2.05, 4.69) is 0 Å². The maximum atomic E-state index is 13.5. The van der Waals surface area contributed by atoms with Crippen LogP contribution < -0.4 is 0 Å². The van der Waals surface area contributed by atoms with E-state index in [1.807, 2.05) is 13.8 Å². The molecule has 1 rings (SSSR count). The molecule has 0 spiro atoms. The van der Waals surface area contributed by atoms with Gasteiger partial charge >= 0.3 is 0 Å². The first kappa shape index (κ1) is 10.9. The van der Waals surface area contributed by atoms with Crippen molar-refractivity contribution in [3.63, 3.8) is 0 Å². The van der Waals surface area contributed by atoms with Crippen molar-refractivity contribution in [3.8, 4) is 0 Å². The van der Waals surface area contributed by atoms with E-state index in [1.165, 1.54) is 0 Å². The van der Waals surface area contributed by atoms with Gasteiger partial charge in [-0.25, -0.2) is 8.78 Å². The molecule has 1 aliphatic carbocycles. The lowest BCUT2D eigenvalue weighted by Gasteiger charge is -2.45. The van der Waals surface area contributed by atoms with Gasteiger partial charge in [-0.05, 0) is 25.7 Å². The molecular formula is C11H20F2. The van der Waals surface area contributed by atoms with Crippen LogP contribution in [0.2, 0.25) is 0 Å². The normalized spacial score (nSPS) is 23.5. The summed E-state index contributed by atoms with van der Waals surface area (Å²) in [5.41, 5.74) is -0.717. The number of rotatable bonds is 2. The van der Waals surface area contributed by atoms with Crippen LogP contribution in [0.15, 0.2) is 0 Å². The molecule has 1 saturated carbocycles. The molecule has 0 saturated heterocycles. The van der Waals surface area contributed by atoms with Crippen LogP contribution in [-0.2, 0) is 0 Å². The van der Waals surface area contributed by atoms with E-state index in [0.717, 1.165) is 26.2 Å². The zero-order chi connectivity index (χ0) is 10.1. The van der Waals surface area contributed by atoms with Gasteiger partial charge in [0.15, 0.2) is 0 Å². The van der Waals surface area contributed by atoms with Crippen molar-refractivity contribution in [1.29, 1.82) is 0 Å². The van der Waals surface area contributed by atoms with Gasteiger partial charge in [-0.3, -0.25) is 0 Å². The predicted molar refractivity (Wildman–Crippen MR) is 51.0 cm³/mol. The van der Waals surface area contributed by atoms with Crippen LogP contribution in [0.5, 0.6) is 0 Å². The maximum Gasteiger partial charge on any atom is 0.251 e. The molecule has 0 amide bonds. The highest BCUT2D eigenvalue weighted by atomic mass is 19.3. The molecule has 0 aromatic carbocycles. The first-order valence-electron chi connectivity index (χ1n) is 5.28. The fourth-order valence-electron chi connectivity index (χ4n) is 2.71. The van der Waals surface area contributed by atoms with Crippen LogP contribution in [0.3, 0.4) is 0 Å². The summed E-state index contributed by atoms with van der Waals surface area (Å²) in [6, 6.07) is 0. The lowest BCUT2D eigenvalue weighted by Crippen LogP contribution is -2.44. The summed E-state index contributed by atoms with van der Waals surface area (Å²) < 4.78 is 27.0. The average Bonchev–Trinajstić information content (AvgIpc) is 2.03. The van der Waals surface area contributed by atoms with E-state index < -0.39 is 11.3 Å². The molecule has 0 heterocycles.